The van der Waals surface area contributed by atoms with Crippen LogP contribution in [0.15, 0.2) is 0 Å². The normalized spacial score (nSPS) is 21.6. The van der Waals surface area contributed by atoms with E-state index in [0.29, 0.717) is 19.5 Å². The number of carbonyl (C=O) groups excluding carboxylic acids is 1. The number of amides is 1. The van der Waals surface area contributed by atoms with Crippen LogP contribution in [0.5, 0.6) is 0 Å². The average molecular weight is 250 g/mol. The first-order valence-electron chi connectivity index (χ1n) is 6.78. The van der Waals surface area contributed by atoms with E-state index in [4.69, 9.17) is 5.26 Å². The van der Waals surface area contributed by atoms with E-state index in [1.54, 1.807) is 11.9 Å². The molecule has 1 saturated heterocycles. The van der Waals surface area contributed by atoms with Gasteiger partial charge in [-0.15, -0.1) is 0 Å². The minimum atomic E-state index is 0.130. The van der Waals surface area contributed by atoms with Crippen molar-refractivity contribution in [1.29, 1.82) is 5.26 Å². The highest BCUT2D eigenvalue weighted by atomic mass is 16.2. The number of likely N-dealkylation sites (N-methyl/N-ethyl adjacent to an activating group) is 1. The van der Waals surface area contributed by atoms with E-state index in [1.165, 1.54) is 12.8 Å². The first-order valence-corrected chi connectivity index (χ1v) is 6.78. The van der Waals surface area contributed by atoms with Gasteiger partial charge in [-0.3, -0.25) is 14.6 Å². The van der Waals surface area contributed by atoms with Crippen molar-refractivity contribution in [1.82, 2.24) is 14.7 Å². The van der Waals surface area contributed by atoms with E-state index >= 15 is 0 Å². The maximum Gasteiger partial charge on any atom is 0.236 e. The predicted molar refractivity (Wildman–Crippen MR) is 68.9 cm³/mol. The second-order valence-corrected chi connectivity index (χ2v) is 5.27. The Morgan fingerprint density at radius 1 is 1.33 bits per heavy atom. The predicted octanol–water partition coefficient (Wildman–Crippen LogP) is 0.138. The van der Waals surface area contributed by atoms with Gasteiger partial charge in [-0.2, -0.15) is 5.26 Å². The van der Waals surface area contributed by atoms with E-state index in [0.717, 1.165) is 32.2 Å². The highest BCUT2D eigenvalue weighted by Crippen LogP contribution is 2.27. The van der Waals surface area contributed by atoms with Gasteiger partial charge in [0.15, 0.2) is 0 Å². The molecule has 1 heterocycles. The lowest BCUT2D eigenvalue weighted by atomic mass is 10.3. The Labute approximate surface area is 109 Å². The molecule has 2 fully saturated rings. The van der Waals surface area contributed by atoms with Gasteiger partial charge in [-0.25, -0.2) is 0 Å². The maximum atomic E-state index is 11.9. The van der Waals surface area contributed by atoms with Gasteiger partial charge in [-0.1, -0.05) is 0 Å². The zero-order valence-electron chi connectivity index (χ0n) is 11.1. The first kappa shape index (κ1) is 13.3. The number of nitriles is 1. The molecular formula is C13H22N4O. The van der Waals surface area contributed by atoms with Crippen molar-refractivity contribution in [3.63, 3.8) is 0 Å². The topological polar surface area (TPSA) is 50.6 Å². The maximum absolute atomic E-state index is 11.9. The smallest absolute Gasteiger partial charge is 0.236 e. The highest BCUT2D eigenvalue weighted by Gasteiger charge is 2.31. The molecule has 100 valence electrons. The molecule has 1 aliphatic carbocycles. The molecule has 5 heteroatoms. The van der Waals surface area contributed by atoms with Crippen molar-refractivity contribution in [2.75, 3.05) is 46.3 Å². The van der Waals surface area contributed by atoms with Crippen LogP contribution >= 0.6 is 0 Å². The fourth-order valence-electron chi connectivity index (χ4n) is 2.38. The van der Waals surface area contributed by atoms with Crippen LogP contribution in [-0.4, -0.2) is 73.0 Å². The summed E-state index contributed by atoms with van der Waals surface area (Å²) in [6.45, 7) is 5.22. The summed E-state index contributed by atoms with van der Waals surface area (Å²) in [4.78, 5) is 18.3. The molecule has 0 N–H and O–H groups in total. The molecule has 5 nitrogen and oxygen atoms in total. The number of rotatable bonds is 5. The van der Waals surface area contributed by atoms with Crippen LogP contribution in [0.4, 0.5) is 0 Å². The van der Waals surface area contributed by atoms with Gasteiger partial charge >= 0.3 is 0 Å². The molecule has 2 rings (SSSR count). The van der Waals surface area contributed by atoms with Gasteiger partial charge in [0.1, 0.15) is 0 Å². The van der Waals surface area contributed by atoms with Gasteiger partial charge in [-0.05, 0) is 12.8 Å². The monoisotopic (exact) mass is 250 g/mol. The van der Waals surface area contributed by atoms with Crippen LogP contribution in [0.3, 0.4) is 0 Å². The van der Waals surface area contributed by atoms with Crippen LogP contribution < -0.4 is 0 Å². The summed E-state index contributed by atoms with van der Waals surface area (Å²) in [6, 6.07) is 2.90. The summed E-state index contributed by atoms with van der Waals surface area (Å²) in [7, 11) is 1.78. The van der Waals surface area contributed by atoms with Gasteiger partial charge in [0.05, 0.1) is 19.0 Å². The Morgan fingerprint density at radius 2 is 2.00 bits per heavy atom. The summed E-state index contributed by atoms with van der Waals surface area (Å²) in [5.74, 6) is 0.130. The Kier molecular flexibility index (Phi) is 4.56. The molecule has 1 saturated carbocycles. The third kappa shape index (κ3) is 3.69. The summed E-state index contributed by atoms with van der Waals surface area (Å²) in [5.41, 5.74) is 0. The lowest BCUT2D eigenvalue weighted by molar-refractivity contribution is -0.131. The molecule has 0 radical (unpaired) electrons. The lowest BCUT2D eigenvalue weighted by Gasteiger charge is -2.35. The van der Waals surface area contributed by atoms with Gasteiger partial charge in [0.25, 0.3) is 0 Å². The first-order chi connectivity index (χ1) is 8.70. The summed E-state index contributed by atoms with van der Waals surface area (Å²) >= 11 is 0. The van der Waals surface area contributed by atoms with Crippen molar-refractivity contribution in [2.45, 2.75) is 25.3 Å². The van der Waals surface area contributed by atoms with Crippen LogP contribution in [0, 0.1) is 11.3 Å². The van der Waals surface area contributed by atoms with Gasteiger partial charge in [0.2, 0.25) is 5.91 Å². The SMILES string of the molecule is CN(CCC#N)C(=O)CN1CCN(C2CC2)CC1. The number of nitrogens with zero attached hydrogens (tertiary/aromatic N) is 4. The second kappa shape index (κ2) is 6.17. The number of carbonyl (C=O) groups is 1. The summed E-state index contributed by atoms with van der Waals surface area (Å²) < 4.78 is 0. The van der Waals surface area contributed by atoms with E-state index < -0.39 is 0 Å². The average Bonchev–Trinajstić information content (AvgIpc) is 3.21. The summed E-state index contributed by atoms with van der Waals surface area (Å²) in [5, 5.41) is 8.50. The molecule has 18 heavy (non-hydrogen) atoms. The largest absolute Gasteiger partial charge is 0.344 e. The molecule has 0 spiro atoms. The molecule has 2 aliphatic rings. The Balaban J connectivity index is 1.67. The highest BCUT2D eigenvalue weighted by molar-refractivity contribution is 5.78. The molecule has 0 aromatic rings. The molecule has 0 aromatic heterocycles. The third-order valence-electron chi connectivity index (χ3n) is 3.81. The molecular weight excluding hydrogens is 228 g/mol. The second-order valence-electron chi connectivity index (χ2n) is 5.27. The minimum Gasteiger partial charge on any atom is -0.344 e. The lowest BCUT2D eigenvalue weighted by Crippen LogP contribution is -2.50. The van der Waals surface area contributed by atoms with Gasteiger partial charge < -0.3 is 4.90 Å². The van der Waals surface area contributed by atoms with Crippen LogP contribution in [0.1, 0.15) is 19.3 Å². The number of hydrogen-bond donors (Lipinski definition) is 0. The van der Waals surface area contributed by atoms with Crippen molar-refractivity contribution in [2.24, 2.45) is 0 Å². The van der Waals surface area contributed by atoms with Crippen molar-refractivity contribution >= 4 is 5.91 Å². The Morgan fingerprint density at radius 3 is 2.56 bits per heavy atom. The summed E-state index contributed by atoms with van der Waals surface area (Å²) in [6.07, 6.45) is 3.13. The Hall–Kier alpha value is -1.12. The molecule has 1 aliphatic heterocycles. The standard InChI is InChI=1S/C13H22N4O/c1-15(6-2-5-14)13(18)11-16-7-9-17(10-8-16)12-3-4-12/h12H,2-4,6-11H2,1H3. The quantitative estimate of drug-likeness (QED) is 0.696. The van der Waals surface area contributed by atoms with Crippen molar-refractivity contribution in [3.05, 3.63) is 0 Å². The number of piperazine rings is 1. The minimum absolute atomic E-state index is 0.130. The van der Waals surface area contributed by atoms with E-state index in [2.05, 4.69) is 15.9 Å². The molecule has 0 atom stereocenters. The zero-order chi connectivity index (χ0) is 13.0. The van der Waals surface area contributed by atoms with Crippen LogP contribution in [0.2, 0.25) is 0 Å². The zero-order valence-corrected chi connectivity index (χ0v) is 11.1. The fraction of sp³-hybridized carbons (Fsp3) is 0.846. The van der Waals surface area contributed by atoms with E-state index in [9.17, 15) is 4.79 Å². The third-order valence-corrected chi connectivity index (χ3v) is 3.81. The van der Waals surface area contributed by atoms with Crippen LogP contribution in [-0.2, 0) is 4.79 Å². The molecule has 0 unspecified atom stereocenters. The van der Waals surface area contributed by atoms with Crippen LogP contribution in [0.25, 0.3) is 0 Å². The fourth-order valence-corrected chi connectivity index (χ4v) is 2.38. The van der Waals surface area contributed by atoms with Gasteiger partial charge in [0, 0.05) is 45.8 Å². The molecule has 0 aromatic carbocycles. The van der Waals surface area contributed by atoms with Crippen molar-refractivity contribution in [3.8, 4) is 6.07 Å². The number of hydrogen-bond acceptors (Lipinski definition) is 4. The van der Waals surface area contributed by atoms with E-state index in [-0.39, 0.29) is 5.91 Å². The van der Waals surface area contributed by atoms with E-state index in [1.807, 2.05) is 0 Å². The Bertz CT molecular complexity index is 326. The van der Waals surface area contributed by atoms with Crippen molar-refractivity contribution < 1.29 is 4.79 Å². The molecule has 1 amide bonds. The molecule has 0 bridgehead atoms.